The van der Waals surface area contributed by atoms with Gasteiger partial charge >= 0.3 is 0 Å². The Kier molecular flexibility index (Phi) is 5.51. The molecule has 1 aromatic carbocycles. The Morgan fingerprint density at radius 2 is 2.11 bits per heavy atom. The second kappa shape index (κ2) is 8.38. The number of fused-ring (bicyclic) bond motifs is 3. The maximum Gasteiger partial charge on any atom is 0.167 e. The van der Waals surface area contributed by atoms with Crippen LogP contribution in [-0.4, -0.2) is 46.3 Å². The van der Waals surface area contributed by atoms with Crippen LogP contribution in [-0.2, 0) is 24.2 Å². The van der Waals surface area contributed by atoms with Crippen molar-refractivity contribution in [2.45, 2.75) is 25.9 Å². The third kappa shape index (κ3) is 3.57. The number of ether oxygens (including phenoxy) is 1. The van der Waals surface area contributed by atoms with Crippen molar-refractivity contribution in [3.63, 3.8) is 0 Å². The fourth-order valence-corrected chi connectivity index (χ4v) is 3.86. The average molecular weight is 376 g/mol. The molecule has 0 atom stereocenters. The topological polar surface area (TPSA) is 78.5 Å². The van der Waals surface area contributed by atoms with Crippen LogP contribution >= 0.6 is 0 Å². The summed E-state index contributed by atoms with van der Waals surface area (Å²) in [7, 11) is 1.69. The first-order valence-electron chi connectivity index (χ1n) is 9.58. The number of nitrogens with one attached hydrogen (secondary N) is 1. The number of hydrogen-bond donors (Lipinski definition) is 1. The van der Waals surface area contributed by atoms with E-state index in [1.165, 1.54) is 5.56 Å². The third-order valence-electron chi connectivity index (χ3n) is 5.20. The lowest BCUT2D eigenvalue weighted by Gasteiger charge is -2.30. The van der Waals surface area contributed by atoms with Gasteiger partial charge in [0.1, 0.15) is 18.2 Å². The molecule has 0 bridgehead atoms. The molecule has 7 heteroatoms. The van der Waals surface area contributed by atoms with E-state index in [0.29, 0.717) is 12.2 Å². The first-order chi connectivity index (χ1) is 13.8. The lowest BCUT2D eigenvalue weighted by Crippen LogP contribution is -2.31. The number of pyridine rings is 1. The zero-order chi connectivity index (χ0) is 19.3. The molecule has 3 aromatic rings. The average Bonchev–Trinajstić information content (AvgIpc) is 3.22. The van der Waals surface area contributed by atoms with Gasteiger partial charge in [0.2, 0.25) is 0 Å². The molecule has 144 valence electrons. The first kappa shape index (κ1) is 18.4. The van der Waals surface area contributed by atoms with Gasteiger partial charge < -0.3 is 10.1 Å². The smallest absolute Gasteiger partial charge is 0.167 e. The minimum absolute atomic E-state index is 0.680. The molecular formula is C21H24N6O. The highest BCUT2D eigenvalue weighted by atomic mass is 16.5. The summed E-state index contributed by atoms with van der Waals surface area (Å²) in [6, 6.07) is 12.9. The predicted octanol–water partition coefficient (Wildman–Crippen LogP) is 2.61. The highest BCUT2D eigenvalue weighted by Crippen LogP contribution is 2.31. The largest absolute Gasteiger partial charge is 0.385 e. The van der Waals surface area contributed by atoms with Gasteiger partial charge in [-0.25, -0.2) is 0 Å². The molecule has 28 heavy (non-hydrogen) atoms. The molecule has 0 unspecified atom stereocenters. The maximum atomic E-state index is 9.89. The number of benzene rings is 1. The van der Waals surface area contributed by atoms with Crippen molar-refractivity contribution in [1.82, 2.24) is 19.5 Å². The Morgan fingerprint density at radius 3 is 2.89 bits per heavy atom. The fraction of sp³-hybridized carbons (Fsp3) is 0.381. The highest BCUT2D eigenvalue weighted by Gasteiger charge is 2.26. The molecule has 2 aromatic heterocycles. The van der Waals surface area contributed by atoms with Crippen LogP contribution in [0.2, 0.25) is 0 Å². The van der Waals surface area contributed by atoms with E-state index in [0.717, 1.165) is 61.6 Å². The molecule has 1 aliphatic heterocycles. The van der Waals surface area contributed by atoms with Crippen LogP contribution in [0.15, 0.2) is 36.7 Å². The van der Waals surface area contributed by atoms with Gasteiger partial charge in [-0.15, -0.1) is 10.2 Å². The molecule has 0 spiro atoms. The van der Waals surface area contributed by atoms with Gasteiger partial charge in [0.15, 0.2) is 5.65 Å². The van der Waals surface area contributed by atoms with E-state index in [1.54, 1.807) is 13.4 Å². The van der Waals surface area contributed by atoms with Gasteiger partial charge in [-0.05, 0) is 24.0 Å². The minimum Gasteiger partial charge on any atom is -0.385 e. The van der Waals surface area contributed by atoms with Crippen LogP contribution in [0.25, 0.3) is 5.65 Å². The number of methoxy groups -OCH3 is 1. The van der Waals surface area contributed by atoms with Gasteiger partial charge in [-0.2, -0.15) is 5.26 Å². The van der Waals surface area contributed by atoms with Crippen LogP contribution in [0, 0.1) is 11.3 Å². The lowest BCUT2D eigenvalue weighted by molar-refractivity contribution is 0.197. The fourth-order valence-electron chi connectivity index (χ4n) is 3.86. The monoisotopic (exact) mass is 376 g/mol. The molecule has 3 heterocycles. The van der Waals surface area contributed by atoms with Gasteiger partial charge in [0.25, 0.3) is 0 Å². The zero-order valence-electron chi connectivity index (χ0n) is 16.1. The molecule has 1 aliphatic rings. The van der Waals surface area contributed by atoms with Gasteiger partial charge in [-0.3, -0.25) is 9.30 Å². The Hall–Kier alpha value is -2.95. The maximum absolute atomic E-state index is 9.89. The van der Waals surface area contributed by atoms with E-state index in [4.69, 9.17) is 4.74 Å². The summed E-state index contributed by atoms with van der Waals surface area (Å²) in [6.07, 6.45) is 3.39. The van der Waals surface area contributed by atoms with Crippen LogP contribution in [0.3, 0.4) is 0 Å². The van der Waals surface area contributed by atoms with Gasteiger partial charge in [0, 0.05) is 45.5 Å². The second-order valence-corrected chi connectivity index (χ2v) is 7.04. The van der Waals surface area contributed by atoms with E-state index in [9.17, 15) is 5.26 Å². The van der Waals surface area contributed by atoms with Crippen molar-refractivity contribution < 1.29 is 4.74 Å². The highest BCUT2D eigenvalue weighted by molar-refractivity contribution is 5.68. The van der Waals surface area contributed by atoms with Crippen molar-refractivity contribution in [2.75, 3.05) is 32.1 Å². The van der Waals surface area contributed by atoms with Crippen LogP contribution in [0.5, 0.6) is 0 Å². The predicted molar refractivity (Wildman–Crippen MR) is 107 cm³/mol. The Bertz CT molecular complexity index is 992. The summed E-state index contributed by atoms with van der Waals surface area (Å²) >= 11 is 0. The van der Waals surface area contributed by atoms with E-state index in [2.05, 4.69) is 50.7 Å². The quantitative estimate of drug-likeness (QED) is 0.639. The molecular weight excluding hydrogens is 352 g/mol. The molecule has 0 saturated carbocycles. The molecule has 1 N–H and O–H groups in total. The van der Waals surface area contributed by atoms with Gasteiger partial charge in [0.05, 0.1) is 5.56 Å². The number of anilines is 1. The molecule has 0 aliphatic carbocycles. The molecule has 0 fully saturated rings. The summed E-state index contributed by atoms with van der Waals surface area (Å²) in [5, 5.41) is 21.8. The van der Waals surface area contributed by atoms with Crippen molar-refractivity contribution in [1.29, 1.82) is 5.26 Å². The van der Waals surface area contributed by atoms with Crippen LogP contribution in [0.4, 0.5) is 5.82 Å². The molecule has 0 saturated heterocycles. The van der Waals surface area contributed by atoms with E-state index in [1.807, 2.05) is 10.5 Å². The molecule has 0 radical (unpaired) electrons. The van der Waals surface area contributed by atoms with Crippen LogP contribution in [0.1, 0.15) is 28.7 Å². The van der Waals surface area contributed by atoms with Crippen molar-refractivity contribution >= 4 is 11.5 Å². The minimum atomic E-state index is 0.680. The van der Waals surface area contributed by atoms with Crippen molar-refractivity contribution in [3.05, 3.63) is 58.9 Å². The van der Waals surface area contributed by atoms with E-state index in [-0.39, 0.29) is 0 Å². The Labute approximate surface area is 164 Å². The number of nitrogens with zero attached hydrogens (tertiary/aromatic N) is 5. The first-order valence-corrected chi connectivity index (χ1v) is 9.58. The van der Waals surface area contributed by atoms with Crippen molar-refractivity contribution in [2.24, 2.45) is 0 Å². The summed E-state index contributed by atoms with van der Waals surface area (Å²) in [5.74, 6) is 0.786. The standard InChI is InChI=1S/C21H24N6O/c1-28-11-5-9-23-20-18(12-22)17-8-10-26(13-16-6-3-2-4-7-16)14-19(17)21-25-24-15-27(20)21/h2-4,6-7,15,23H,5,8-11,13-14H2,1H3. The summed E-state index contributed by atoms with van der Waals surface area (Å²) in [4.78, 5) is 2.40. The van der Waals surface area contributed by atoms with Gasteiger partial charge in [-0.1, -0.05) is 30.3 Å². The molecule has 0 amide bonds. The third-order valence-corrected chi connectivity index (χ3v) is 5.20. The number of hydrogen-bond acceptors (Lipinski definition) is 6. The lowest BCUT2D eigenvalue weighted by atomic mass is 9.95. The second-order valence-electron chi connectivity index (χ2n) is 7.04. The normalized spacial score (nSPS) is 14.0. The molecule has 7 nitrogen and oxygen atoms in total. The SMILES string of the molecule is COCCCNc1c(C#N)c2c(c3nncn13)CN(Cc1ccccc1)CC2. The number of nitriles is 1. The summed E-state index contributed by atoms with van der Waals surface area (Å²) in [6.45, 7) is 3.99. The Balaban J connectivity index is 1.65. The van der Waals surface area contributed by atoms with Crippen LogP contribution < -0.4 is 5.32 Å². The number of aromatic nitrogens is 3. The van der Waals surface area contributed by atoms with Crippen molar-refractivity contribution in [3.8, 4) is 6.07 Å². The van der Waals surface area contributed by atoms with E-state index < -0.39 is 0 Å². The Morgan fingerprint density at radius 1 is 1.25 bits per heavy atom. The van der Waals surface area contributed by atoms with E-state index >= 15 is 0 Å². The zero-order valence-corrected chi connectivity index (χ0v) is 16.1. The molecule has 4 rings (SSSR count). The summed E-state index contributed by atoms with van der Waals surface area (Å²) in [5.41, 5.74) is 5.04. The summed E-state index contributed by atoms with van der Waals surface area (Å²) < 4.78 is 7.03. The number of rotatable bonds is 7.